The first kappa shape index (κ1) is 22.0. The molecule has 0 spiro atoms. The number of rotatable bonds is 4. The first-order chi connectivity index (χ1) is 15.2. The normalized spacial score (nSPS) is 15.4. The van der Waals surface area contributed by atoms with E-state index in [2.05, 4.69) is 22.0 Å². The van der Waals surface area contributed by atoms with Crippen molar-refractivity contribution in [1.29, 1.82) is 0 Å². The van der Waals surface area contributed by atoms with E-state index >= 15 is 0 Å². The summed E-state index contributed by atoms with van der Waals surface area (Å²) in [6, 6.07) is 2.02. The summed E-state index contributed by atoms with van der Waals surface area (Å²) < 4.78 is 15.5. The minimum atomic E-state index is -0.501. The number of fused-ring (bicyclic) bond motifs is 1. The van der Waals surface area contributed by atoms with Gasteiger partial charge in [0.25, 0.3) is 0 Å². The van der Waals surface area contributed by atoms with Crippen LogP contribution in [0.25, 0.3) is 22.7 Å². The minimum Gasteiger partial charge on any atom is -0.473 e. The van der Waals surface area contributed by atoms with Crippen LogP contribution in [0.15, 0.2) is 12.4 Å². The summed E-state index contributed by atoms with van der Waals surface area (Å²) in [6.07, 6.45) is 2.56. The zero-order valence-electron chi connectivity index (χ0n) is 19.6. The van der Waals surface area contributed by atoms with Crippen LogP contribution in [0.4, 0.5) is 4.79 Å². The lowest BCUT2D eigenvalue weighted by molar-refractivity contribution is 0.0124. The van der Waals surface area contributed by atoms with Gasteiger partial charge in [0.1, 0.15) is 23.7 Å². The van der Waals surface area contributed by atoms with Gasteiger partial charge in [0.05, 0.1) is 0 Å². The van der Waals surface area contributed by atoms with E-state index in [-0.39, 0.29) is 12.2 Å². The number of aromatic nitrogens is 6. The largest absolute Gasteiger partial charge is 0.473 e. The quantitative estimate of drug-likeness (QED) is 0.612. The van der Waals surface area contributed by atoms with Crippen molar-refractivity contribution in [1.82, 2.24) is 34.2 Å². The number of carbonyl (C=O) groups is 1. The van der Waals surface area contributed by atoms with Gasteiger partial charge in [-0.1, -0.05) is 0 Å². The molecule has 4 heterocycles. The molecule has 0 aliphatic carbocycles. The van der Waals surface area contributed by atoms with Crippen LogP contribution in [0.3, 0.4) is 0 Å². The highest BCUT2D eigenvalue weighted by atomic mass is 16.6. The maximum atomic E-state index is 12.3. The average Bonchev–Trinajstić information content (AvgIpc) is 3.27. The Balaban J connectivity index is 1.50. The molecule has 10 nitrogen and oxygen atoms in total. The Morgan fingerprint density at radius 2 is 1.94 bits per heavy atom. The van der Waals surface area contributed by atoms with Gasteiger partial charge in [0.15, 0.2) is 17.0 Å². The molecular weight excluding hydrogens is 410 g/mol. The summed E-state index contributed by atoms with van der Waals surface area (Å²) in [5.41, 5.74) is 2.68. The number of nitrogens with zero attached hydrogens (tertiary/aromatic N) is 7. The molecule has 1 fully saturated rings. The third kappa shape index (κ3) is 4.39. The number of piperidine rings is 1. The highest BCUT2D eigenvalue weighted by molar-refractivity contribution is 5.80. The SMILES string of the molecule is CCn1nc(-c2nc3c(OC4CCN(C(=O)OC(C)(C)C)CC4)ncnc3n2C)cc1C. The first-order valence-electron chi connectivity index (χ1n) is 11.0. The molecule has 0 N–H and O–H groups in total. The second-order valence-corrected chi connectivity index (χ2v) is 9.12. The van der Waals surface area contributed by atoms with Crippen molar-refractivity contribution in [2.75, 3.05) is 13.1 Å². The number of likely N-dealkylation sites (tertiary alicyclic amines) is 1. The van der Waals surface area contributed by atoms with Crippen molar-refractivity contribution in [3.63, 3.8) is 0 Å². The van der Waals surface area contributed by atoms with Crippen molar-refractivity contribution in [3.8, 4) is 17.4 Å². The summed E-state index contributed by atoms with van der Waals surface area (Å²) in [5.74, 6) is 1.18. The Kier molecular flexibility index (Phi) is 5.79. The summed E-state index contributed by atoms with van der Waals surface area (Å²) in [7, 11) is 1.92. The molecule has 1 aliphatic heterocycles. The number of hydrogen-bond donors (Lipinski definition) is 0. The van der Waals surface area contributed by atoms with Crippen LogP contribution in [-0.4, -0.2) is 65.1 Å². The Bertz CT molecular complexity index is 1120. The predicted molar refractivity (Wildman–Crippen MR) is 119 cm³/mol. The molecule has 4 rings (SSSR count). The number of ether oxygens (including phenoxy) is 2. The smallest absolute Gasteiger partial charge is 0.410 e. The number of carbonyl (C=O) groups excluding carboxylic acids is 1. The second-order valence-electron chi connectivity index (χ2n) is 9.12. The highest BCUT2D eigenvalue weighted by Gasteiger charge is 2.29. The number of imidazole rings is 1. The van der Waals surface area contributed by atoms with Gasteiger partial charge < -0.3 is 18.9 Å². The molecule has 0 saturated carbocycles. The zero-order valence-corrected chi connectivity index (χ0v) is 19.6. The van der Waals surface area contributed by atoms with Crippen LogP contribution >= 0.6 is 0 Å². The van der Waals surface area contributed by atoms with Crippen molar-refractivity contribution in [3.05, 3.63) is 18.1 Å². The van der Waals surface area contributed by atoms with E-state index in [4.69, 9.17) is 14.5 Å². The van der Waals surface area contributed by atoms with E-state index in [1.807, 2.05) is 50.1 Å². The summed E-state index contributed by atoms with van der Waals surface area (Å²) >= 11 is 0. The fraction of sp³-hybridized carbons (Fsp3) is 0.591. The Morgan fingerprint density at radius 1 is 1.22 bits per heavy atom. The maximum Gasteiger partial charge on any atom is 0.410 e. The first-order valence-corrected chi connectivity index (χ1v) is 11.0. The van der Waals surface area contributed by atoms with E-state index < -0.39 is 5.60 Å². The van der Waals surface area contributed by atoms with Crippen LogP contribution in [0, 0.1) is 6.92 Å². The second kappa shape index (κ2) is 8.40. The van der Waals surface area contributed by atoms with E-state index in [1.165, 1.54) is 6.33 Å². The van der Waals surface area contributed by atoms with E-state index in [0.717, 1.165) is 23.8 Å². The van der Waals surface area contributed by atoms with Crippen molar-refractivity contribution in [2.24, 2.45) is 7.05 Å². The van der Waals surface area contributed by atoms with E-state index in [1.54, 1.807) is 4.90 Å². The summed E-state index contributed by atoms with van der Waals surface area (Å²) in [5, 5.41) is 4.65. The molecule has 32 heavy (non-hydrogen) atoms. The van der Waals surface area contributed by atoms with Crippen LogP contribution in [0.1, 0.15) is 46.2 Å². The molecule has 0 aromatic carbocycles. The summed E-state index contributed by atoms with van der Waals surface area (Å²) in [6.45, 7) is 11.7. The van der Waals surface area contributed by atoms with Gasteiger partial charge >= 0.3 is 6.09 Å². The Labute approximate surface area is 187 Å². The maximum absolute atomic E-state index is 12.3. The third-order valence-electron chi connectivity index (χ3n) is 5.50. The van der Waals surface area contributed by atoms with Gasteiger partial charge in [0, 0.05) is 45.2 Å². The number of hydrogen-bond acceptors (Lipinski definition) is 7. The molecule has 10 heteroatoms. The monoisotopic (exact) mass is 441 g/mol. The van der Waals surface area contributed by atoms with Crippen molar-refractivity contribution in [2.45, 2.75) is 65.7 Å². The average molecular weight is 442 g/mol. The van der Waals surface area contributed by atoms with Gasteiger partial charge in [-0.15, -0.1) is 0 Å². The fourth-order valence-electron chi connectivity index (χ4n) is 3.87. The summed E-state index contributed by atoms with van der Waals surface area (Å²) in [4.78, 5) is 27.6. The molecule has 3 aromatic rings. The van der Waals surface area contributed by atoms with Gasteiger partial charge in [-0.2, -0.15) is 10.1 Å². The predicted octanol–water partition coefficient (Wildman–Crippen LogP) is 3.33. The van der Waals surface area contributed by atoms with Crippen LogP contribution in [0.2, 0.25) is 0 Å². The van der Waals surface area contributed by atoms with Crippen LogP contribution in [-0.2, 0) is 18.3 Å². The fourth-order valence-corrected chi connectivity index (χ4v) is 3.87. The van der Waals surface area contributed by atoms with Crippen LogP contribution < -0.4 is 4.74 Å². The lowest BCUT2D eigenvalue weighted by atomic mass is 10.1. The topological polar surface area (TPSA) is 100 Å². The van der Waals surface area contributed by atoms with E-state index in [0.29, 0.717) is 43.0 Å². The van der Waals surface area contributed by atoms with Crippen molar-refractivity contribution >= 4 is 17.3 Å². The highest BCUT2D eigenvalue weighted by Crippen LogP contribution is 2.28. The zero-order chi connectivity index (χ0) is 23.0. The minimum absolute atomic E-state index is 0.0567. The number of aryl methyl sites for hydroxylation is 3. The lowest BCUT2D eigenvalue weighted by Gasteiger charge is -2.33. The standard InChI is InChI=1S/C22H31N7O3/c1-7-29-14(2)12-16(26-29)18-25-17-19(27(18)6)23-13-24-20(17)31-15-8-10-28(11-9-15)21(30)32-22(3,4)5/h12-13,15H,7-11H2,1-6H3. The molecule has 0 radical (unpaired) electrons. The lowest BCUT2D eigenvalue weighted by Crippen LogP contribution is -2.44. The molecule has 3 aromatic heterocycles. The third-order valence-corrected chi connectivity index (χ3v) is 5.50. The van der Waals surface area contributed by atoms with Crippen molar-refractivity contribution < 1.29 is 14.3 Å². The molecule has 1 amide bonds. The molecule has 0 atom stereocenters. The Hall–Kier alpha value is -3.17. The molecule has 0 bridgehead atoms. The molecular formula is C22H31N7O3. The number of amides is 1. The van der Waals surface area contributed by atoms with Crippen LogP contribution in [0.5, 0.6) is 5.88 Å². The molecule has 1 aliphatic rings. The van der Waals surface area contributed by atoms with E-state index in [9.17, 15) is 4.79 Å². The molecule has 1 saturated heterocycles. The molecule has 0 unspecified atom stereocenters. The van der Waals surface area contributed by atoms with Gasteiger partial charge in [-0.3, -0.25) is 4.68 Å². The Morgan fingerprint density at radius 3 is 2.56 bits per heavy atom. The molecule has 172 valence electrons. The van der Waals surface area contributed by atoms with Gasteiger partial charge in [-0.05, 0) is 40.7 Å². The van der Waals surface area contributed by atoms with Gasteiger partial charge in [-0.25, -0.2) is 14.8 Å². The van der Waals surface area contributed by atoms with Gasteiger partial charge in [0.2, 0.25) is 5.88 Å².